The van der Waals surface area contributed by atoms with Gasteiger partial charge in [0.05, 0.1) is 16.7 Å². The Morgan fingerprint density at radius 2 is 1.96 bits per heavy atom. The summed E-state index contributed by atoms with van der Waals surface area (Å²) in [4.78, 5) is 19.0. The fourth-order valence-corrected chi connectivity index (χ4v) is 3.62. The SMILES string of the molecule is C=CC(=O)N(O)c1ccc2c(c1)nc(CCCC)n2CCN(C(C)C)C(C)C. The van der Waals surface area contributed by atoms with Crippen LogP contribution in [0.5, 0.6) is 0 Å². The number of amides is 1. The Kier molecular flexibility index (Phi) is 7.78. The van der Waals surface area contributed by atoms with Crippen molar-refractivity contribution in [1.82, 2.24) is 14.5 Å². The quantitative estimate of drug-likeness (QED) is 0.373. The lowest BCUT2D eigenvalue weighted by molar-refractivity contribution is -0.118. The fourth-order valence-electron chi connectivity index (χ4n) is 3.62. The highest BCUT2D eigenvalue weighted by Gasteiger charge is 2.17. The van der Waals surface area contributed by atoms with Crippen molar-refractivity contribution in [2.24, 2.45) is 0 Å². The van der Waals surface area contributed by atoms with Crippen LogP contribution in [0.1, 0.15) is 53.3 Å². The Balaban J connectivity index is 2.38. The fraction of sp³-hybridized carbons (Fsp3) is 0.545. The summed E-state index contributed by atoms with van der Waals surface area (Å²) in [7, 11) is 0. The number of aryl methyl sites for hydroxylation is 1. The number of hydrogen-bond donors (Lipinski definition) is 1. The zero-order chi connectivity index (χ0) is 20.8. The summed E-state index contributed by atoms with van der Waals surface area (Å²) in [6.45, 7) is 16.3. The lowest BCUT2D eigenvalue weighted by atomic mass is 10.2. The van der Waals surface area contributed by atoms with Crippen LogP contribution in [-0.2, 0) is 17.8 Å². The van der Waals surface area contributed by atoms with Crippen LogP contribution in [0.4, 0.5) is 5.69 Å². The Bertz CT molecular complexity index is 802. The third-order valence-corrected chi connectivity index (χ3v) is 5.10. The van der Waals surface area contributed by atoms with Crippen molar-refractivity contribution in [1.29, 1.82) is 0 Å². The Labute approximate surface area is 168 Å². The van der Waals surface area contributed by atoms with Gasteiger partial charge in [0.2, 0.25) is 0 Å². The molecular formula is C22H34N4O2. The minimum atomic E-state index is -0.561. The molecule has 0 aliphatic rings. The number of hydroxylamine groups is 1. The standard InChI is InChI=1S/C22H34N4O2/c1-7-9-10-21-23-19-15-18(26(28)22(27)8-2)11-12-20(19)25(21)14-13-24(16(3)4)17(5)6/h8,11-12,15-17,28H,2,7,9-10,13-14H2,1,3-6H3. The number of nitrogens with zero attached hydrogens (tertiary/aromatic N) is 4. The Hall–Kier alpha value is -2.18. The van der Waals surface area contributed by atoms with Gasteiger partial charge in [0.1, 0.15) is 5.82 Å². The van der Waals surface area contributed by atoms with E-state index in [9.17, 15) is 10.0 Å². The maximum Gasteiger partial charge on any atom is 0.274 e. The number of fused-ring (bicyclic) bond motifs is 1. The van der Waals surface area contributed by atoms with E-state index in [-0.39, 0.29) is 0 Å². The molecule has 0 bridgehead atoms. The molecule has 2 rings (SSSR count). The molecule has 0 radical (unpaired) electrons. The molecule has 0 spiro atoms. The molecule has 1 heterocycles. The summed E-state index contributed by atoms with van der Waals surface area (Å²) in [6.07, 6.45) is 4.19. The summed E-state index contributed by atoms with van der Waals surface area (Å²) in [5.74, 6) is 0.496. The molecule has 1 aromatic carbocycles. The maximum atomic E-state index is 11.7. The summed E-state index contributed by atoms with van der Waals surface area (Å²) in [5, 5.41) is 10.6. The second-order valence-corrected chi connectivity index (χ2v) is 7.74. The Morgan fingerprint density at radius 3 is 2.54 bits per heavy atom. The first-order valence-corrected chi connectivity index (χ1v) is 10.2. The van der Waals surface area contributed by atoms with E-state index in [1.807, 2.05) is 6.07 Å². The van der Waals surface area contributed by atoms with Crippen molar-refractivity contribution >= 4 is 22.6 Å². The van der Waals surface area contributed by atoms with Crippen LogP contribution in [0.2, 0.25) is 0 Å². The Morgan fingerprint density at radius 1 is 1.29 bits per heavy atom. The van der Waals surface area contributed by atoms with Gasteiger partial charge >= 0.3 is 0 Å². The smallest absolute Gasteiger partial charge is 0.274 e. The number of unbranched alkanes of at least 4 members (excludes halogenated alkanes) is 1. The van der Waals surface area contributed by atoms with E-state index in [1.54, 1.807) is 12.1 Å². The van der Waals surface area contributed by atoms with Crippen LogP contribution in [0.3, 0.4) is 0 Å². The van der Waals surface area contributed by atoms with E-state index in [1.165, 1.54) is 0 Å². The van der Waals surface area contributed by atoms with E-state index < -0.39 is 5.91 Å². The van der Waals surface area contributed by atoms with Crippen LogP contribution in [0, 0.1) is 0 Å². The predicted octanol–water partition coefficient (Wildman–Crippen LogP) is 4.41. The third-order valence-electron chi connectivity index (χ3n) is 5.10. The van der Waals surface area contributed by atoms with Gasteiger partial charge in [-0.25, -0.2) is 4.98 Å². The normalized spacial score (nSPS) is 11.8. The van der Waals surface area contributed by atoms with Crippen molar-refractivity contribution in [3.05, 3.63) is 36.7 Å². The molecule has 2 aromatic rings. The van der Waals surface area contributed by atoms with Crippen molar-refractivity contribution in [3.63, 3.8) is 0 Å². The first kappa shape index (κ1) is 22.1. The van der Waals surface area contributed by atoms with Gasteiger partial charge in [-0.05, 0) is 58.4 Å². The number of carbonyl (C=O) groups excluding carboxylic acids is 1. The summed E-state index contributed by atoms with van der Waals surface area (Å²) in [5.41, 5.74) is 2.22. The second-order valence-electron chi connectivity index (χ2n) is 7.74. The second kappa shape index (κ2) is 9.85. The molecule has 0 aliphatic heterocycles. The van der Waals surface area contributed by atoms with Gasteiger partial charge in [0, 0.05) is 31.6 Å². The monoisotopic (exact) mass is 386 g/mol. The number of hydrogen-bond acceptors (Lipinski definition) is 4. The van der Waals surface area contributed by atoms with E-state index >= 15 is 0 Å². The van der Waals surface area contributed by atoms with E-state index in [2.05, 4.69) is 50.7 Å². The molecule has 0 fully saturated rings. The van der Waals surface area contributed by atoms with Crippen molar-refractivity contribution in [2.75, 3.05) is 11.6 Å². The van der Waals surface area contributed by atoms with Crippen molar-refractivity contribution in [3.8, 4) is 0 Å². The van der Waals surface area contributed by atoms with Crippen LogP contribution >= 0.6 is 0 Å². The maximum absolute atomic E-state index is 11.7. The minimum Gasteiger partial charge on any atom is -0.327 e. The molecule has 1 aromatic heterocycles. The summed E-state index contributed by atoms with van der Waals surface area (Å²) < 4.78 is 2.28. The highest BCUT2D eigenvalue weighted by atomic mass is 16.5. The average Bonchev–Trinajstić information content (AvgIpc) is 3.01. The zero-order valence-corrected chi connectivity index (χ0v) is 17.9. The van der Waals surface area contributed by atoms with Crippen LogP contribution in [0.25, 0.3) is 11.0 Å². The molecule has 154 valence electrons. The van der Waals surface area contributed by atoms with Gasteiger partial charge in [0.25, 0.3) is 5.91 Å². The van der Waals surface area contributed by atoms with Gasteiger partial charge in [-0.15, -0.1) is 0 Å². The molecule has 0 aliphatic carbocycles. The van der Waals surface area contributed by atoms with Gasteiger partial charge in [0.15, 0.2) is 0 Å². The molecule has 0 unspecified atom stereocenters. The van der Waals surface area contributed by atoms with Gasteiger partial charge in [-0.3, -0.25) is 14.9 Å². The molecule has 6 heteroatoms. The first-order valence-electron chi connectivity index (χ1n) is 10.2. The predicted molar refractivity (Wildman–Crippen MR) is 115 cm³/mol. The number of aromatic nitrogens is 2. The lowest BCUT2D eigenvalue weighted by Gasteiger charge is -2.30. The number of rotatable bonds is 10. The molecule has 1 N–H and O–H groups in total. The van der Waals surface area contributed by atoms with Gasteiger partial charge in [-0.2, -0.15) is 5.06 Å². The van der Waals surface area contributed by atoms with Crippen molar-refractivity contribution < 1.29 is 10.0 Å². The van der Waals surface area contributed by atoms with E-state index in [0.717, 1.165) is 55.3 Å². The van der Waals surface area contributed by atoms with Crippen molar-refractivity contribution in [2.45, 2.75) is 72.5 Å². The van der Waals surface area contributed by atoms with Gasteiger partial charge in [-0.1, -0.05) is 19.9 Å². The minimum absolute atomic E-state index is 0.398. The zero-order valence-electron chi connectivity index (χ0n) is 17.9. The third kappa shape index (κ3) is 5.00. The largest absolute Gasteiger partial charge is 0.327 e. The molecule has 0 saturated heterocycles. The van der Waals surface area contributed by atoms with Crippen LogP contribution < -0.4 is 5.06 Å². The highest BCUT2D eigenvalue weighted by molar-refractivity contribution is 6.00. The lowest BCUT2D eigenvalue weighted by Crippen LogP contribution is -2.39. The van der Waals surface area contributed by atoms with E-state index in [4.69, 9.17) is 4.98 Å². The van der Waals surface area contributed by atoms with Crippen LogP contribution in [0.15, 0.2) is 30.9 Å². The first-order chi connectivity index (χ1) is 13.3. The number of benzene rings is 1. The molecular weight excluding hydrogens is 352 g/mol. The molecule has 28 heavy (non-hydrogen) atoms. The molecule has 1 amide bonds. The molecule has 6 nitrogen and oxygen atoms in total. The average molecular weight is 387 g/mol. The highest BCUT2D eigenvalue weighted by Crippen LogP contribution is 2.24. The number of carbonyl (C=O) groups is 1. The summed E-state index contributed by atoms with van der Waals surface area (Å²) >= 11 is 0. The summed E-state index contributed by atoms with van der Waals surface area (Å²) in [6, 6.07) is 6.39. The molecule has 0 saturated carbocycles. The number of imidazole rings is 1. The topological polar surface area (TPSA) is 61.6 Å². The van der Waals surface area contributed by atoms with Crippen LogP contribution in [-0.4, -0.2) is 44.2 Å². The number of anilines is 1. The molecule has 0 atom stereocenters. The van der Waals surface area contributed by atoms with E-state index in [0.29, 0.717) is 22.8 Å². The van der Waals surface area contributed by atoms with Gasteiger partial charge < -0.3 is 4.57 Å².